The third kappa shape index (κ3) is 3.37. The van der Waals surface area contributed by atoms with E-state index in [1.54, 1.807) is 36.5 Å². The van der Waals surface area contributed by atoms with Crippen LogP contribution in [0.5, 0.6) is 0 Å². The Labute approximate surface area is 161 Å². The zero-order valence-electron chi connectivity index (χ0n) is 15.4. The maximum atomic E-state index is 13.9. The number of benzene rings is 3. The van der Waals surface area contributed by atoms with E-state index in [1.807, 2.05) is 41.8 Å². The molecular formula is C24H18FNO2. The summed E-state index contributed by atoms with van der Waals surface area (Å²) in [5.74, 6) is -0.870. The molecule has 0 saturated carbocycles. The summed E-state index contributed by atoms with van der Waals surface area (Å²) in [6.45, 7) is 2.48. The van der Waals surface area contributed by atoms with E-state index in [2.05, 4.69) is 0 Å². The van der Waals surface area contributed by atoms with Crippen molar-refractivity contribution in [2.75, 3.05) is 0 Å². The van der Waals surface area contributed by atoms with E-state index in [-0.39, 0.29) is 16.7 Å². The number of rotatable bonds is 4. The van der Waals surface area contributed by atoms with Crippen LogP contribution < -0.4 is 5.43 Å². The Balaban J connectivity index is 1.92. The molecule has 0 saturated heterocycles. The minimum atomic E-state index is -0.504. The highest BCUT2D eigenvalue weighted by Crippen LogP contribution is 2.18. The van der Waals surface area contributed by atoms with Gasteiger partial charge in [-0.1, -0.05) is 60.2 Å². The van der Waals surface area contributed by atoms with Crippen LogP contribution in [0.25, 0.3) is 10.9 Å². The molecule has 28 heavy (non-hydrogen) atoms. The Morgan fingerprint density at radius 2 is 1.75 bits per heavy atom. The van der Waals surface area contributed by atoms with Gasteiger partial charge in [0.2, 0.25) is 5.43 Å². The molecule has 0 bridgehead atoms. The summed E-state index contributed by atoms with van der Waals surface area (Å²) in [6, 6.07) is 20.8. The summed E-state index contributed by atoms with van der Waals surface area (Å²) < 4.78 is 15.7. The SMILES string of the molecule is Cc1cccc(Cn2cc(C(=O)c3ccccc3)c(=O)c3cc(F)ccc32)c1. The largest absolute Gasteiger partial charge is 0.342 e. The molecule has 0 fully saturated rings. The first-order valence-electron chi connectivity index (χ1n) is 9.01. The summed E-state index contributed by atoms with van der Waals surface area (Å²) in [4.78, 5) is 25.9. The van der Waals surface area contributed by atoms with Gasteiger partial charge >= 0.3 is 0 Å². The van der Waals surface area contributed by atoms with E-state index in [9.17, 15) is 14.0 Å². The van der Waals surface area contributed by atoms with Gasteiger partial charge in [0.25, 0.3) is 0 Å². The van der Waals surface area contributed by atoms with Gasteiger partial charge < -0.3 is 4.57 Å². The number of ketones is 1. The quantitative estimate of drug-likeness (QED) is 0.487. The number of carbonyl (C=O) groups is 1. The van der Waals surface area contributed by atoms with Gasteiger partial charge in [-0.2, -0.15) is 0 Å². The van der Waals surface area contributed by atoms with Crippen LogP contribution in [0.15, 0.2) is 83.8 Å². The summed E-state index contributed by atoms with van der Waals surface area (Å²) in [5, 5.41) is 0.203. The average Bonchev–Trinajstić information content (AvgIpc) is 2.70. The van der Waals surface area contributed by atoms with E-state index in [0.29, 0.717) is 17.6 Å². The van der Waals surface area contributed by atoms with Crippen LogP contribution in [0.4, 0.5) is 4.39 Å². The molecule has 0 aliphatic rings. The molecule has 0 aliphatic heterocycles. The first kappa shape index (κ1) is 17.9. The molecule has 3 nitrogen and oxygen atoms in total. The molecular weight excluding hydrogens is 353 g/mol. The smallest absolute Gasteiger partial charge is 0.200 e. The number of aromatic nitrogens is 1. The van der Waals surface area contributed by atoms with Crippen LogP contribution in [0.3, 0.4) is 0 Å². The average molecular weight is 371 g/mol. The molecule has 0 spiro atoms. The minimum absolute atomic E-state index is 0.0388. The Kier molecular flexibility index (Phi) is 4.62. The number of pyridine rings is 1. The summed E-state index contributed by atoms with van der Waals surface area (Å²) in [5.41, 5.74) is 2.76. The number of aryl methyl sites for hydroxylation is 1. The van der Waals surface area contributed by atoms with Gasteiger partial charge in [-0.25, -0.2) is 4.39 Å². The molecule has 0 unspecified atom stereocenters. The van der Waals surface area contributed by atoms with Crippen molar-refractivity contribution in [3.8, 4) is 0 Å². The highest BCUT2D eigenvalue weighted by molar-refractivity contribution is 6.10. The zero-order valence-corrected chi connectivity index (χ0v) is 15.4. The molecule has 3 aromatic carbocycles. The highest BCUT2D eigenvalue weighted by Gasteiger charge is 2.17. The lowest BCUT2D eigenvalue weighted by atomic mass is 10.0. The van der Waals surface area contributed by atoms with Gasteiger partial charge in [0.1, 0.15) is 5.82 Å². The van der Waals surface area contributed by atoms with Gasteiger partial charge in [-0.15, -0.1) is 0 Å². The molecule has 1 heterocycles. The lowest BCUT2D eigenvalue weighted by molar-refractivity contribution is 0.103. The lowest BCUT2D eigenvalue weighted by Crippen LogP contribution is -2.20. The van der Waals surface area contributed by atoms with Crippen LogP contribution in [0.1, 0.15) is 27.0 Å². The van der Waals surface area contributed by atoms with Crippen LogP contribution in [-0.2, 0) is 6.54 Å². The second kappa shape index (κ2) is 7.24. The Bertz CT molecular complexity index is 1240. The summed E-state index contributed by atoms with van der Waals surface area (Å²) in [7, 11) is 0. The van der Waals surface area contributed by atoms with Crippen molar-refractivity contribution >= 4 is 16.7 Å². The van der Waals surface area contributed by atoms with E-state index >= 15 is 0 Å². The molecule has 0 N–H and O–H groups in total. The minimum Gasteiger partial charge on any atom is -0.342 e. The van der Waals surface area contributed by atoms with Crippen molar-refractivity contribution in [2.45, 2.75) is 13.5 Å². The van der Waals surface area contributed by atoms with Crippen molar-refractivity contribution < 1.29 is 9.18 Å². The van der Waals surface area contributed by atoms with Crippen LogP contribution in [0, 0.1) is 12.7 Å². The number of hydrogen-bond acceptors (Lipinski definition) is 2. The van der Waals surface area contributed by atoms with Gasteiger partial charge in [-0.05, 0) is 30.7 Å². The highest BCUT2D eigenvalue weighted by atomic mass is 19.1. The van der Waals surface area contributed by atoms with Crippen molar-refractivity contribution in [2.24, 2.45) is 0 Å². The van der Waals surface area contributed by atoms with Gasteiger partial charge in [-0.3, -0.25) is 9.59 Å². The Hall–Kier alpha value is -3.53. The standard InChI is InChI=1S/C24H18FNO2/c1-16-6-5-7-17(12-16)14-26-15-21(23(27)18-8-3-2-4-9-18)24(28)20-13-19(25)10-11-22(20)26/h2-13,15H,14H2,1H3. The Morgan fingerprint density at radius 3 is 2.50 bits per heavy atom. The van der Waals surface area contributed by atoms with E-state index < -0.39 is 11.2 Å². The maximum absolute atomic E-state index is 13.9. The molecule has 4 heteroatoms. The van der Waals surface area contributed by atoms with Crippen LogP contribution in [-0.4, -0.2) is 10.4 Å². The van der Waals surface area contributed by atoms with Crippen molar-refractivity contribution in [3.63, 3.8) is 0 Å². The molecule has 0 amide bonds. The topological polar surface area (TPSA) is 39.1 Å². The lowest BCUT2D eigenvalue weighted by Gasteiger charge is -2.14. The van der Waals surface area contributed by atoms with Gasteiger partial charge in [0.05, 0.1) is 11.1 Å². The van der Waals surface area contributed by atoms with E-state index in [4.69, 9.17) is 0 Å². The van der Waals surface area contributed by atoms with Gasteiger partial charge in [0.15, 0.2) is 5.78 Å². The molecule has 138 valence electrons. The monoisotopic (exact) mass is 371 g/mol. The molecule has 0 atom stereocenters. The normalized spacial score (nSPS) is 10.9. The summed E-state index contributed by atoms with van der Waals surface area (Å²) in [6.07, 6.45) is 1.58. The van der Waals surface area contributed by atoms with Crippen molar-refractivity contribution in [1.82, 2.24) is 4.57 Å². The zero-order chi connectivity index (χ0) is 19.7. The molecule has 0 radical (unpaired) electrons. The van der Waals surface area contributed by atoms with Crippen LogP contribution >= 0.6 is 0 Å². The number of halogens is 1. The number of hydrogen-bond donors (Lipinski definition) is 0. The predicted molar refractivity (Wildman–Crippen MR) is 108 cm³/mol. The second-order valence-electron chi connectivity index (χ2n) is 6.85. The number of nitrogens with zero attached hydrogens (tertiary/aromatic N) is 1. The Morgan fingerprint density at radius 1 is 0.964 bits per heavy atom. The molecule has 0 aliphatic carbocycles. The third-order valence-electron chi connectivity index (χ3n) is 4.76. The second-order valence-corrected chi connectivity index (χ2v) is 6.85. The maximum Gasteiger partial charge on any atom is 0.200 e. The van der Waals surface area contributed by atoms with Crippen molar-refractivity contribution in [1.29, 1.82) is 0 Å². The number of carbonyl (C=O) groups excluding carboxylic acids is 1. The fraction of sp³-hybridized carbons (Fsp3) is 0.0833. The molecule has 4 rings (SSSR count). The first-order chi connectivity index (χ1) is 13.5. The fourth-order valence-electron chi connectivity index (χ4n) is 3.41. The third-order valence-corrected chi connectivity index (χ3v) is 4.76. The first-order valence-corrected chi connectivity index (χ1v) is 9.01. The van der Waals surface area contributed by atoms with E-state index in [1.165, 1.54) is 12.1 Å². The number of fused-ring (bicyclic) bond motifs is 1. The van der Waals surface area contributed by atoms with E-state index in [0.717, 1.165) is 11.1 Å². The molecule has 1 aromatic heterocycles. The van der Waals surface area contributed by atoms with Crippen LogP contribution in [0.2, 0.25) is 0 Å². The van der Waals surface area contributed by atoms with Crippen molar-refractivity contribution in [3.05, 3.63) is 117 Å². The fourth-order valence-corrected chi connectivity index (χ4v) is 3.41. The predicted octanol–water partition coefficient (Wildman–Crippen LogP) is 4.73. The molecule has 4 aromatic rings. The summed E-state index contributed by atoms with van der Waals surface area (Å²) >= 11 is 0. The van der Waals surface area contributed by atoms with Gasteiger partial charge in [0, 0.05) is 23.7 Å².